The van der Waals surface area contributed by atoms with E-state index in [4.69, 9.17) is 0 Å². The van der Waals surface area contributed by atoms with Crippen LogP contribution in [0.5, 0.6) is 0 Å². The summed E-state index contributed by atoms with van der Waals surface area (Å²) in [7, 11) is 1.63. The average Bonchev–Trinajstić information content (AvgIpc) is 3.33. The lowest BCUT2D eigenvalue weighted by atomic mass is 9.92. The minimum absolute atomic E-state index is 0.304. The summed E-state index contributed by atoms with van der Waals surface area (Å²) in [6, 6.07) is 16.2. The molecule has 8 nitrogen and oxygen atoms in total. The SMILES string of the molecule is CN(Cc1cnn(-c2ccccc2)c1)C(=O)CN1C(=O)N[C@@](C)(c2cccc(Br)c2)C1=O. The minimum atomic E-state index is -1.23. The largest absolute Gasteiger partial charge is 0.340 e. The highest BCUT2D eigenvalue weighted by molar-refractivity contribution is 9.10. The first-order chi connectivity index (χ1) is 15.3. The van der Waals surface area contributed by atoms with Gasteiger partial charge in [-0.25, -0.2) is 9.48 Å². The summed E-state index contributed by atoms with van der Waals surface area (Å²) >= 11 is 3.39. The van der Waals surface area contributed by atoms with E-state index < -0.39 is 17.5 Å². The van der Waals surface area contributed by atoms with Crippen molar-refractivity contribution in [3.63, 3.8) is 0 Å². The molecule has 2 aromatic carbocycles. The maximum absolute atomic E-state index is 13.1. The van der Waals surface area contributed by atoms with Crippen LogP contribution in [0.15, 0.2) is 71.5 Å². The van der Waals surface area contributed by atoms with Crippen molar-refractivity contribution in [2.45, 2.75) is 19.0 Å². The van der Waals surface area contributed by atoms with E-state index >= 15 is 0 Å². The van der Waals surface area contributed by atoms with Gasteiger partial charge in [-0.2, -0.15) is 5.10 Å². The van der Waals surface area contributed by atoms with Gasteiger partial charge in [-0.05, 0) is 36.8 Å². The summed E-state index contributed by atoms with van der Waals surface area (Å²) < 4.78 is 2.53. The number of imide groups is 1. The summed E-state index contributed by atoms with van der Waals surface area (Å²) in [5, 5.41) is 7.05. The lowest BCUT2D eigenvalue weighted by Crippen LogP contribution is -2.43. The number of nitrogens with zero attached hydrogens (tertiary/aromatic N) is 4. The molecule has 1 aromatic heterocycles. The van der Waals surface area contributed by atoms with Crippen LogP contribution >= 0.6 is 15.9 Å². The molecule has 0 radical (unpaired) electrons. The fraction of sp³-hybridized carbons (Fsp3) is 0.217. The van der Waals surface area contributed by atoms with Crippen molar-refractivity contribution in [1.82, 2.24) is 24.9 Å². The Bertz CT molecular complexity index is 1180. The molecule has 0 spiro atoms. The van der Waals surface area contributed by atoms with Crippen LogP contribution in [0.2, 0.25) is 0 Å². The Balaban J connectivity index is 1.43. The van der Waals surface area contributed by atoms with E-state index in [-0.39, 0.29) is 12.5 Å². The number of amides is 4. The zero-order valence-electron chi connectivity index (χ0n) is 17.7. The van der Waals surface area contributed by atoms with Crippen molar-refractivity contribution < 1.29 is 14.4 Å². The van der Waals surface area contributed by atoms with Gasteiger partial charge in [-0.3, -0.25) is 14.5 Å². The van der Waals surface area contributed by atoms with Gasteiger partial charge in [0.1, 0.15) is 12.1 Å². The second kappa shape index (κ2) is 8.58. The monoisotopic (exact) mass is 495 g/mol. The molecule has 0 saturated carbocycles. The van der Waals surface area contributed by atoms with Crippen molar-refractivity contribution in [1.29, 1.82) is 0 Å². The highest BCUT2D eigenvalue weighted by atomic mass is 79.9. The molecular weight excluding hydrogens is 474 g/mol. The predicted molar refractivity (Wildman–Crippen MR) is 122 cm³/mol. The van der Waals surface area contributed by atoms with Crippen LogP contribution in [0, 0.1) is 0 Å². The highest BCUT2D eigenvalue weighted by Gasteiger charge is 2.49. The first-order valence-corrected chi connectivity index (χ1v) is 10.8. The Morgan fingerprint density at radius 2 is 1.91 bits per heavy atom. The normalized spacial score (nSPS) is 18.0. The maximum atomic E-state index is 13.1. The van der Waals surface area contributed by atoms with E-state index in [2.05, 4.69) is 26.3 Å². The molecule has 4 rings (SSSR count). The van der Waals surface area contributed by atoms with Gasteiger partial charge in [-0.15, -0.1) is 0 Å². The van der Waals surface area contributed by atoms with E-state index in [1.165, 1.54) is 4.90 Å². The molecule has 1 atom stereocenters. The van der Waals surface area contributed by atoms with E-state index in [9.17, 15) is 14.4 Å². The molecule has 0 bridgehead atoms. The van der Waals surface area contributed by atoms with Crippen molar-refractivity contribution >= 4 is 33.8 Å². The van der Waals surface area contributed by atoms with E-state index in [1.807, 2.05) is 42.6 Å². The number of nitrogens with one attached hydrogen (secondary N) is 1. The molecule has 0 unspecified atom stereocenters. The molecule has 3 aromatic rings. The van der Waals surface area contributed by atoms with Crippen LogP contribution in [-0.4, -0.2) is 51.0 Å². The molecule has 32 heavy (non-hydrogen) atoms. The van der Waals surface area contributed by atoms with Crippen LogP contribution in [0.1, 0.15) is 18.1 Å². The summed E-state index contributed by atoms with van der Waals surface area (Å²) in [4.78, 5) is 40.8. The summed E-state index contributed by atoms with van der Waals surface area (Å²) in [5.41, 5.74) is 1.16. The second-order valence-electron chi connectivity index (χ2n) is 7.84. The molecule has 1 fully saturated rings. The van der Waals surface area contributed by atoms with Crippen molar-refractivity contribution in [3.05, 3.63) is 82.6 Å². The molecule has 0 aliphatic carbocycles. The summed E-state index contributed by atoms with van der Waals surface area (Å²) in [6.45, 7) is 1.61. The van der Waals surface area contributed by atoms with Gasteiger partial charge in [-0.1, -0.05) is 46.3 Å². The van der Waals surface area contributed by atoms with E-state index in [0.29, 0.717) is 12.1 Å². The molecule has 1 saturated heterocycles. The van der Waals surface area contributed by atoms with Crippen molar-refractivity contribution in [3.8, 4) is 5.69 Å². The lowest BCUT2D eigenvalue weighted by molar-refractivity contribution is -0.138. The van der Waals surface area contributed by atoms with Gasteiger partial charge < -0.3 is 10.2 Å². The Morgan fingerprint density at radius 1 is 1.16 bits per heavy atom. The van der Waals surface area contributed by atoms with E-state index in [0.717, 1.165) is 20.6 Å². The standard InChI is InChI=1S/C23H22BrN5O3/c1-23(17-7-6-8-18(24)11-17)21(31)28(22(32)26-23)15-20(30)27(2)13-16-12-25-29(14-16)19-9-4-3-5-10-19/h3-12,14H,13,15H2,1-2H3,(H,26,32)/t23-/m0/s1. The Labute approximate surface area is 193 Å². The van der Waals surface area contributed by atoms with Crippen LogP contribution in [-0.2, 0) is 21.7 Å². The zero-order valence-corrected chi connectivity index (χ0v) is 19.2. The summed E-state index contributed by atoms with van der Waals surface area (Å²) in [5.74, 6) is -0.807. The molecule has 164 valence electrons. The Hall–Kier alpha value is -3.46. The molecule has 4 amide bonds. The maximum Gasteiger partial charge on any atom is 0.325 e. The summed E-state index contributed by atoms with van der Waals surface area (Å²) in [6.07, 6.45) is 3.53. The quantitative estimate of drug-likeness (QED) is 0.532. The number of halogens is 1. The third kappa shape index (κ3) is 4.16. The topological polar surface area (TPSA) is 87.5 Å². The molecule has 9 heteroatoms. The van der Waals surface area contributed by atoms with Gasteiger partial charge in [0, 0.05) is 29.8 Å². The number of likely N-dealkylation sites (N-methyl/N-ethyl adjacent to an activating group) is 1. The Kier molecular flexibility index (Phi) is 5.84. The first kappa shape index (κ1) is 21.8. The lowest BCUT2D eigenvalue weighted by Gasteiger charge is -2.23. The first-order valence-electron chi connectivity index (χ1n) is 10.0. The number of carbonyl (C=O) groups excluding carboxylic acids is 3. The van der Waals surface area contributed by atoms with Crippen molar-refractivity contribution in [2.24, 2.45) is 0 Å². The number of benzene rings is 2. The third-order valence-corrected chi connectivity index (χ3v) is 5.97. The van der Waals surface area contributed by atoms with Crippen LogP contribution in [0.25, 0.3) is 5.69 Å². The number of aromatic nitrogens is 2. The fourth-order valence-electron chi connectivity index (χ4n) is 3.62. The number of carbonyl (C=O) groups is 3. The van der Waals surface area contributed by atoms with Crippen LogP contribution in [0.3, 0.4) is 0 Å². The van der Waals surface area contributed by atoms with Crippen molar-refractivity contribution in [2.75, 3.05) is 13.6 Å². The smallest absolute Gasteiger partial charge is 0.325 e. The zero-order chi connectivity index (χ0) is 22.9. The van der Waals surface area contributed by atoms with Gasteiger partial charge in [0.25, 0.3) is 5.91 Å². The van der Waals surface area contributed by atoms with Gasteiger partial charge in [0.15, 0.2) is 0 Å². The highest BCUT2D eigenvalue weighted by Crippen LogP contribution is 2.30. The average molecular weight is 496 g/mol. The second-order valence-corrected chi connectivity index (χ2v) is 8.75. The van der Waals surface area contributed by atoms with Crippen LogP contribution < -0.4 is 5.32 Å². The van der Waals surface area contributed by atoms with Gasteiger partial charge in [0.05, 0.1) is 11.9 Å². The predicted octanol–water partition coefficient (Wildman–Crippen LogP) is 3.06. The fourth-order valence-corrected chi connectivity index (χ4v) is 4.02. The number of hydrogen-bond acceptors (Lipinski definition) is 4. The molecule has 2 heterocycles. The van der Waals surface area contributed by atoms with Crippen LogP contribution in [0.4, 0.5) is 4.79 Å². The third-order valence-electron chi connectivity index (χ3n) is 5.47. The molecular formula is C23H22BrN5O3. The van der Waals surface area contributed by atoms with E-state index in [1.54, 1.807) is 43.0 Å². The number of rotatable bonds is 6. The van der Waals surface area contributed by atoms with Gasteiger partial charge in [0.2, 0.25) is 5.91 Å². The minimum Gasteiger partial charge on any atom is -0.340 e. The number of para-hydroxylation sites is 1. The number of urea groups is 1. The molecule has 1 N–H and O–H groups in total. The van der Waals surface area contributed by atoms with Gasteiger partial charge >= 0.3 is 6.03 Å². The molecule has 1 aliphatic heterocycles. The number of hydrogen-bond donors (Lipinski definition) is 1. The Morgan fingerprint density at radius 3 is 2.62 bits per heavy atom. The molecule has 1 aliphatic rings.